The Morgan fingerprint density at radius 3 is 2.69 bits per heavy atom. The number of aromatic hydroxyl groups is 2. The number of hydrogen-bond donors (Lipinski definition) is 3. The molecule has 2 aliphatic rings. The molecule has 0 spiro atoms. The van der Waals surface area contributed by atoms with Crippen molar-refractivity contribution >= 4 is 11.3 Å². The Balaban J connectivity index is 1.85. The van der Waals surface area contributed by atoms with E-state index in [0.717, 1.165) is 0 Å². The lowest BCUT2D eigenvalue weighted by atomic mass is 9.78. The smallest absolute Gasteiger partial charge is 0.255 e. The van der Waals surface area contributed by atoms with E-state index >= 15 is 0 Å². The monoisotopic (exact) mass is 352 g/mol. The summed E-state index contributed by atoms with van der Waals surface area (Å²) in [6, 6.07) is 4.94. The van der Waals surface area contributed by atoms with Gasteiger partial charge in [0.05, 0.1) is 34.7 Å². The van der Waals surface area contributed by atoms with Crippen molar-refractivity contribution in [3.8, 4) is 17.4 Å². The van der Waals surface area contributed by atoms with Crippen LogP contribution in [-0.4, -0.2) is 35.6 Å². The van der Waals surface area contributed by atoms with E-state index in [2.05, 4.69) is 9.94 Å². The fraction of sp³-hybridized carbons (Fsp3) is 0.333. The SMILES string of the molecule is [C-]#[N+]c1ccc(-n2c(O)c3c(c2O)C2(C)OC3(C)C[C@@H]2O)c2ccnn12. The van der Waals surface area contributed by atoms with Crippen LogP contribution >= 0.6 is 0 Å². The molecule has 5 rings (SSSR count). The average Bonchev–Trinajstić information content (AvgIpc) is 3.27. The Morgan fingerprint density at radius 2 is 1.96 bits per heavy atom. The average molecular weight is 352 g/mol. The maximum absolute atomic E-state index is 10.9. The Hall–Kier alpha value is -3.02. The minimum absolute atomic E-state index is 0.130. The molecule has 1 saturated heterocycles. The van der Waals surface area contributed by atoms with Gasteiger partial charge in [0.1, 0.15) is 5.60 Å². The summed E-state index contributed by atoms with van der Waals surface area (Å²) in [6.07, 6.45) is 1.12. The van der Waals surface area contributed by atoms with E-state index in [4.69, 9.17) is 11.3 Å². The van der Waals surface area contributed by atoms with Crippen LogP contribution in [0.25, 0.3) is 16.0 Å². The molecule has 0 amide bonds. The van der Waals surface area contributed by atoms with E-state index in [-0.39, 0.29) is 11.8 Å². The van der Waals surface area contributed by atoms with E-state index in [1.165, 1.54) is 9.08 Å². The summed E-state index contributed by atoms with van der Waals surface area (Å²) in [5.74, 6) is 0.0144. The molecule has 3 N–H and O–H groups in total. The third-order valence-electron chi connectivity index (χ3n) is 5.67. The van der Waals surface area contributed by atoms with Gasteiger partial charge in [0, 0.05) is 12.5 Å². The maximum Gasteiger partial charge on any atom is 0.255 e. The quantitative estimate of drug-likeness (QED) is 0.584. The number of fused-ring (bicyclic) bond motifs is 6. The molecule has 2 unspecified atom stereocenters. The Labute approximate surface area is 148 Å². The maximum atomic E-state index is 10.9. The molecule has 8 nitrogen and oxygen atoms in total. The molecule has 0 radical (unpaired) electrons. The second-order valence-electron chi connectivity index (χ2n) is 7.21. The number of nitrogens with zero attached hydrogens (tertiary/aromatic N) is 4. The topological polar surface area (TPSA) is 96.5 Å². The van der Waals surface area contributed by atoms with Crippen LogP contribution < -0.4 is 0 Å². The van der Waals surface area contributed by atoms with Crippen LogP contribution in [0.1, 0.15) is 31.4 Å². The molecule has 3 atom stereocenters. The predicted molar refractivity (Wildman–Crippen MR) is 90.5 cm³/mol. The molecule has 2 bridgehead atoms. The van der Waals surface area contributed by atoms with Crippen LogP contribution in [0.4, 0.5) is 5.82 Å². The summed E-state index contributed by atoms with van der Waals surface area (Å²) >= 11 is 0. The third kappa shape index (κ3) is 1.49. The van der Waals surface area contributed by atoms with E-state index in [9.17, 15) is 15.3 Å². The second kappa shape index (κ2) is 4.38. The van der Waals surface area contributed by atoms with Gasteiger partial charge in [-0.3, -0.25) is 0 Å². The minimum atomic E-state index is -1.08. The van der Waals surface area contributed by atoms with Crippen molar-refractivity contribution in [2.75, 3.05) is 0 Å². The van der Waals surface area contributed by atoms with Crippen LogP contribution in [0, 0.1) is 6.57 Å². The first-order valence-electron chi connectivity index (χ1n) is 8.22. The van der Waals surface area contributed by atoms with Gasteiger partial charge in [0.2, 0.25) is 11.8 Å². The zero-order chi connectivity index (χ0) is 18.4. The van der Waals surface area contributed by atoms with E-state index in [1.54, 1.807) is 38.2 Å². The van der Waals surface area contributed by atoms with Crippen molar-refractivity contribution in [3.63, 3.8) is 0 Å². The van der Waals surface area contributed by atoms with Gasteiger partial charge in [0.15, 0.2) is 5.52 Å². The van der Waals surface area contributed by atoms with Crippen molar-refractivity contribution in [3.05, 3.63) is 46.9 Å². The van der Waals surface area contributed by atoms with Crippen LogP contribution in [0.3, 0.4) is 0 Å². The molecule has 3 aromatic rings. The number of hydrogen-bond acceptors (Lipinski definition) is 5. The van der Waals surface area contributed by atoms with Gasteiger partial charge < -0.3 is 24.9 Å². The molecule has 3 aromatic heterocycles. The van der Waals surface area contributed by atoms with Gasteiger partial charge in [-0.1, -0.05) is 6.57 Å². The number of pyridine rings is 1. The first kappa shape index (κ1) is 15.3. The molecule has 0 saturated carbocycles. The minimum Gasteiger partial charge on any atom is -0.494 e. The highest BCUT2D eigenvalue weighted by Gasteiger charge is 2.64. The highest BCUT2D eigenvalue weighted by molar-refractivity contribution is 5.72. The van der Waals surface area contributed by atoms with Crippen LogP contribution in [-0.2, 0) is 15.9 Å². The zero-order valence-corrected chi connectivity index (χ0v) is 14.1. The lowest BCUT2D eigenvalue weighted by molar-refractivity contribution is -0.0936. The number of ether oxygens (including phenoxy) is 1. The van der Waals surface area contributed by atoms with Crippen molar-refractivity contribution in [2.45, 2.75) is 37.6 Å². The molecule has 2 aliphatic heterocycles. The lowest BCUT2D eigenvalue weighted by Crippen LogP contribution is -2.32. The van der Waals surface area contributed by atoms with Crippen molar-refractivity contribution in [2.24, 2.45) is 0 Å². The number of rotatable bonds is 1. The lowest BCUT2D eigenvalue weighted by Gasteiger charge is -2.25. The first-order chi connectivity index (χ1) is 12.3. The van der Waals surface area contributed by atoms with Crippen LogP contribution in [0.2, 0.25) is 0 Å². The molecular formula is C18H16N4O4. The molecular weight excluding hydrogens is 336 g/mol. The summed E-state index contributed by atoms with van der Waals surface area (Å²) in [7, 11) is 0. The molecule has 1 fully saturated rings. The fourth-order valence-corrected chi connectivity index (χ4v) is 4.52. The number of aromatic nitrogens is 3. The summed E-state index contributed by atoms with van der Waals surface area (Å²) in [5.41, 5.74) is 0.00728. The Bertz CT molecular complexity index is 1140. The van der Waals surface area contributed by atoms with E-state index in [0.29, 0.717) is 34.6 Å². The second-order valence-corrected chi connectivity index (χ2v) is 7.21. The summed E-state index contributed by atoms with van der Waals surface area (Å²) in [5, 5.41) is 36.5. The van der Waals surface area contributed by atoms with E-state index < -0.39 is 17.3 Å². The third-order valence-corrected chi connectivity index (χ3v) is 5.67. The van der Waals surface area contributed by atoms with Gasteiger partial charge in [-0.2, -0.15) is 4.52 Å². The standard InChI is InChI=1S/C18H16N4O4/c1-17-8-11(23)18(2,26-17)14-13(17)15(24)21(16(14)25)9-4-5-12(19-3)22-10(9)6-7-20-22/h4-7,11,23-25H,8H2,1-2H3/t11-,17?,18?/m0/s1. The molecule has 26 heavy (non-hydrogen) atoms. The highest BCUT2D eigenvalue weighted by Crippen LogP contribution is 2.64. The Kier molecular flexibility index (Phi) is 2.57. The van der Waals surface area contributed by atoms with Gasteiger partial charge in [-0.05, 0) is 26.0 Å². The number of aliphatic hydroxyl groups excluding tert-OH is 1. The summed E-state index contributed by atoms with van der Waals surface area (Å²) < 4.78 is 8.77. The van der Waals surface area contributed by atoms with Gasteiger partial charge >= 0.3 is 0 Å². The first-order valence-corrected chi connectivity index (χ1v) is 8.22. The molecule has 0 aliphatic carbocycles. The van der Waals surface area contributed by atoms with Crippen LogP contribution in [0.15, 0.2) is 24.4 Å². The van der Waals surface area contributed by atoms with Gasteiger partial charge in [-0.25, -0.2) is 4.57 Å². The van der Waals surface area contributed by atoms with Crippen molar-refractivity contribution in [1.29, 1.82) is 0 Å². The van der Waals surface area contributed by atoms with Gasteiger partial charge in [-0.15, -0.1) is 5.10 Å². The molecule has 0 aromatic carbocycles. The van der Waals surface area contributed by atoms with E-state index in [1.807, 2.05) is 0 Å². The molecule has 8 heteroatoms. The fourth-order valence-electron chi connectivity index (χ4n) is 4.52. The van der Waals surface area contributed by atoms with Crippen LogP contribution in [0.5, 0.6) is 11.8 Å². The van der Waals surface area contributed by atoms with Crippen molar-refractivity contribution < 1.29 is 20.1 Å². The zero-order valence-electron chi connectivity index (χ0n) is 14.1. The highest BCUT2D eigenvalue weighted by atomic mass is 16.6. The number of aliphatic hydroxyl groups is 1. The normalized spacial score (nSPS) is 29.2. The molecule has 132 valence electrons. The molecule has 5 heterocycles. The largest absolute Gasteiger partial charge is 0.494 e. The van der Waals surface area contributed by atoms with Crippen molar-refractivity contribution in [1.82, 2.24) is 14.2 Å². The predicted octanol–water partition coefficient (Wildman–Crippen LogP) is 2.31. The summed E-state index contributed by atoms with van der Waals surface area (Å²) in [4.78, 5) is 3.43. The van der Waals surface area contributed by atoms with Gasteiger partial charge in [0.25, 0.3) is 5.82 Å². The Morgan fingerprint density at radius 1 is 1.23 bits per heavy atom. The summed E-state index contributed by atoms with van der Waals surface area (Å²) in [6.45, 7) is 10.8.